The molecule has 0 aliphatic heterocycles. The first-order chi connectivity index (χ1) is 20.5. The van der Waals surface area contributed by atoms with Crippen LogP contribution in [0.5, 0.6) is 0 Å². The second kappa shape index (κ2) is 34.0. The van der Waals surface area contributed by atoms with E-state index < -0.39 is 18.1 Å². The Morgan fingerprint density at radius 2 is 0.357 bits per heavy atom. The van der Waals surface area contributed by atoms with Gasteiger partial charge in [-0.3, -0.25) is 0 Å². The summed E-state index contributed by atoms with van der Waals surface area (Å²) in [5.74, 6) is 0. The van der Waals surface area contributed by atoms with E-state index in [-0.39, 0.29) is 0 Å². The molecule has 0 aliphatic rings. The number of rotatable bonds is 32. The normalized spacial score (nSPS) is 12.0. The summed E-state index contributed by atoms with van der Waals surface area (Å²) in [6.07, 6.45) is 16.9. The van der Waals surface area contributed by atoms with Gasteiger partial charge in [0.25, 0.3) is 0 Å². The molecule has 0 radical (unpaired) electrons. The van der Waals surface area contributed by atoms with Gasteiger partial charge in [0, 0.05) is 52.9 Å². The minimum absolute atomic E-state index is 0.660. The van der Waals surface area contributed by atoms with Crippen LogP contribution >= 0.6 is 0 Å². The molecule has 0 bridgehead atoms. The van der Waals surface area contributed by atoms with Crippen LogP contribution in [-0.2, 0) is 35.4 Å². The van der Waals surface area contributed by atoms with Crippen LogP contribution in [0.1, 0.15) is 158 Å². The topological polar surface area (TPSA) is 73.8 Å². The quantitative estimate of drug-likeness (QED) is 0.0532. The molecule has 42 heavy (non-hydrogen) atoms. The van der Waals surface area contributed by atoms with Crippen LogP contribution < -0.4 is 0 Å². The van der Waals surface area contributed by atoms with Crippen molar-refractivity contribution in [3.8, 4) is 0 Å². The molecule has 0 rings (SSSR count). The minimum Gasteiger partial charge on any atom is -0.351 e. The molecule has 0 aliphatic carbocycles. The van der Waals surface area contributed by atoms with E-state index in [1.807, 2.05) is 0 Å². The summed E-state index contributed by atoms with van der Waals surface area (Å²) in [5.41, 5.74) is 0. The van der Waals surface area contributed by atoms with Crippen LogP contribution in [0.2, 0.25) is 0 Å². The molecule has 256 valence electrons. The highest BCUT2D eigenvalue weighted by atomic mass is 28.4. The average molecular weight is 641 g/mol. The SMILES string of the molecule is CCCCO[Si](OCCCC)(OCCCC)OCCCC.CCCCO[Si](OCCCC)(OCCCC)OCCCC. The van der Waals surface area contributed by atoms with E-state index in [1.54, 1.807) is 0 Å². The van der Waals surface area contributed by atoms with Gasteiger partial charge in [0.15, 0.2) is 0 Å². The molecule has 0 unspecified atom stereocenters. The van der Waals surface area contributed by atoms with Crippen LogP contribution in [-0.4, -0.2) is 71.0 Å². The smallest absolute Gasteiger partial charge is 0.351 e. The van der Waals surface area contributed by atoms with Crippen LogP contribution in [0, 0.1) is 0 Å². The summed E-state index contributed by atoms with van der Waals surface area (Å²) in [6.45, 7) is 22.5. The Kier molecular flexibility index (Phi) is 35.8. The van der Waals surface area contributed by atoms with Gasteiger partial charge < -0.3 is 35.4 Å². The van der Waals surface area contributed by atoms with Crippen LogP contribution in [0.3, 0.4) is 0 Å². The molecule has 0 N–H and O–H groups in total. The van der Waals surface area contributed by atoms with Gasteiger partial charge in [0.1, 0.15) is 0 Å². The van der Waals surface area contributed by atoms with Crippen molar-refractivity contribution in [2.75, 3.05) is 52.9 Å². The lowest BCUT2D eigenvalue weighted by Gasteiger charge is -2.28. The Hall–Kier alpha value is 0.114. The Bertz CT molecular complexity index is 382. The molecule has 0 aromatic heterocycles. The Labute approximate surface area is 264 Å². The first-order valence-electron chi connectivity index (χ1n) is 17.6. The molecule has 10 heteroatoms. The Morgan fingerprint density at radius 1 is 0.238 bits per heavy atom. The maximum absolute atomic E-state index is 5.98. The number of hydrogen-bond donors (Lipinski definition) is 0. The van der Waals surface area contributed by atoms with Crippen molar-refractivity contribution in [3.05, 3.63) is 0 Å². The monoisotopic (exact) mass is 640 g/mol. The standard InChI is InChI=1S/2C16H36O4Si/c2*1-5-9-13-17-21(18-14-10-6-2,19-15-11-7-3)20-16-12-8-4/h2*5-16H2,1-4H3. The number of unbranched alkanes of at least 4 members (excludes halogenated alkanes) is 8. The maximum Gasteiger partial charge on any atom is 0.679 e. The Morgan fingerprint density at radius 3 is 0.452 bits per heavy atom. The van der Waals surface area contributed by atoms with E-state index in [1.165, 1.54) is 0 Å². The Balaban J connectivity index is 0. The lowest BCUT2D eigenvalue weighted by atomic mass is 10.4. The molecule has 0 spiro atoms. The lowest BCUT2D eigenvalue weighted by Crippen LogP contribution is -2.50. The molecule has 0 saturated heterocycles. The number of hydrogen-bond acceptors (Lipinski definition) is 8. The second-order valence-corrected chi connectivity index (χ2v) is 14.9. The molecule has 0 atom stereocenters. The zero-order valence-corrected chi connectivity index (χ0v) is 31.2. The molecule has 0 saturated carbocycles. The van der Waals surface area contributed by atoms with Crippen molar-refractivity contribution in [2.45, 2.75) is 158 Å². The van der Waals surface area contributed by atoms with Crippen LogP contribution in [0.4, 0.5) is 0 Å². The van der Waals surface area contributed by atoms with E-state index >= 15 is 0 Å². The van der Waals surface area contributed by atoms with Crippen molar-refractivity contribution < 1.29 is 35.4 Å². The maximum atomic E-state index is 5.98. The fourth-order valence-electron chi connectivity index (χ4n) is 3.23. The van der Waals surface area contributed by atoms with E-state index in [0.29, 0.717) is 52.9 Å². The highest BCUT2D eigenvalue weighted by Gasteiger charge is 2.46. The first kappa shape index (κ1) is 44.2. The molecule has 0 aromatic carbocycles. The fraction of sp³-hybridized carbons (Fsp3) is 1.00. The van der Waals surface area contributed by atoms with Gasteiger partial charge in [0.2, 0.25) is 0 Å². The van der Waals surface area contributed by atoms with Crippen molar-refractivity contribution in [2.24, 2.45) is 0 Å². The van der Waals surface area contributed by atoms with Gasteiger partial charge in [-0.2, -0.15) is 0 Å². The van der Waals surface area contributed by atoms with Gasteiger partial charge in [-0.1, -0.05) is 107 Å². The van der Waals surface area contributed by atoms with Crippen molar-refractivity contribution in [3.63, 3.8) is 0 Å². The molecule has 0 amide bonds. The average Bonchev–Trinajstić information content (AvgIpc) is 2.98. The zero-order valence-electron chi connectivity index (χ0n) is 29.2. The first-order valence-corrected chi connectivity index (χ1v) is 20.9. The molecular weight excluding hydrogens is 569 g/mol. The summed E-state index contributed by atoms with van der Waals surface area (Å²) >= 11 is 0. The third-order valence-electron chi connectivity index (χ3n) is 6.21. The summed E-state index contributed by atoms with van der Waals surface area (Å²) in [6, 6.07) is 0. The van der Waals surface area contributed by atoms with Gasteiger partial charge >= 0.3 is 18.1 Å². The predicted octanol–water partition coefficient (Wildman–Crippen LogP) is 9.38. The highest BCUT2D eigenvalue weighted by molar-refractivity contribution is 6.53. The van der Waals surface area contributed by atoms with E-state index in [9.17, 15) is 0 Å². The fourth-order valence-corrected chi connectivity index (χ4v) is 7.39. The van der Waals surface area contributed by atoms with Crippen molar-refractivity contribution in [1.82, 2.24) is 0 Å². The van der Waals surface area contributed by atoms with Crippen LogP contribution in [0.15, 0.2) is 0 Å². The summed E-state index contributed by atoms with van der Waals surface area (Å²) in [7, 11) is -5.89. The molecule has 0 aromatic rings. The van der Waals surface area contributed by atoms with Crippen molar-refractivity contribution >= 4 is 18.1 Å². The third kappa shape index (κ3) is 26.5. The van der Waals surface area contributed by atoms with Gasteiger partial charge in [-0.05, 0) is 51.4 Å². The third-order valence-corrected chi connectivity index (χ3v) is 10.7. The molecule has 0 fully saturated rings. The van der Waals surface area contributed by atoms with Gasteiger partial charge in [-0.15, -0.1) is 0 Å². The largest absolute Gasteiger partial charge is 0.679 e. The van der Waals surface area contributed by atoms with E-state index in [0.717, 1.165) is 103 Å². The van der Waals surface area contributed by atoms with Crippen LogP contribution in [0.25, 0.3) is 0 Å². The van der Waals surface area contributed by atoms with Gasteiger partial charge in [0.05, 0.1) is 0 Å². The molecule has 0 heterocycles. The molecule has 8 nitrogen and oxygen atoms in total. The predicted molar refractivity (Wildman–Crippen MR) is 178 cm³/mol. The highest BCUT2D eigenvalue weighted by Crippen LogP contribution is 2.17. The minimum atomic E-state index is -2.94. The zero-order chi connectivity index (χ0) is 31.6. The summed E-state index contributed by atoms with van der Waals surface area (Å²) in [4.78, 5) is 0. The summed E-state index contributed by atoms with van der Waals surface area (Å²) in [5, 5.41) is 0. The summed E-state index contributed by atoms with van der Waals surface area (Å²) < 4.78 is 47.9. The van der Waals surface area contributed by atoms with E-state index in [4.69, 9.17) is 35.4 Å². The van der Waals surface area contributed by atoms with Crippen molar-refractivity contribution in [1.29, 1.82) is 0 Å². The second-order valence-electron chi connectivity index (χ2n) is 10.6. The molecular formula is C32H72O8Si2. The van der Waals surface area contributed by atoms with E-state index in [2.05, 4.69) is 55.4 Å². The lowest BCUT2D eigenvalue weighted by molar-refractivity contribution is -0.0377. The van der Waals surface area contributed by atoms with Gasteiger partial charge in [-0.25, -0.2) is 0 Å².